The number of hydrogen-bond acceptors (Lipinski definition) is 9. The first kappa shape index (κ1) is 28.0. The molecule has 2 aliphatic rings. The molecule has 2 aromatic heterocycles. The minimum Gasteiger partial charge on any atom is -0.482 e. The number of hydrogen-bond donors (Lipinski definition) is 2. The molecule has 0 saturated heterocycles. The number of carbonyl (C=O) groups excluding carboxylic acids is 2. The van der Waals surface area contributed by atoms with Crippen LogP contribution in [0.15, 0.2) is 29.1 Å². The van der Waals surface area contributed by atoms with Crippen LogP contribution in [-0.4, -0.2) is 53.0 Å². The van der Waals surface area contributed by atoms with Crippen molar-refractivity contribution in [3.8, 4) is 17.1 Å². The van der Waals surface area contributed by atoms with Gasteiger partial charge in [-0.05, 0) is 49.6 Å². The van der Waals surface area contributed by atoms with Crippen LogP contribution >= 0.6 is 0 Å². The van der Waals surface area contributed by atoms with E-state index in [1.165, 1.54) is 4.57 Å². The third-order valence-electron chi connectivity index (χ3n) is 7.62. The van der Waals surface area contributed by atoms with Gasteiger partial charge in [0.2, 0.25) is 0 Å². The second-order valence-electron chi connectivity index (χ2n) is 11.4. The van der Waals surface area contributed by atoms with Gasteiger partial charge in [0.25, 0.3) is 5.56 Å². The zero-order valence-electron chi connectivity index (χ0n) is 23.4. The highest BCUT2D eigenvalue weighted by Gasteiger charge is 2.46. The maximum absolute atomic E-state index is 13.7. The molecule has 0 aliphatic carbocycles. The first-order valence-electron chi connectivity index (χ1n) is 13.5. The molecule has 0 amide bonds. The predicted octanol–water partition coefficient (Wildman–Crippen LogP) is 3.39. The molecule has 3 aromatic rings. The molecule has 212 valence electrons. The second kappa shape index (κ2) is 10.1. The van der Waals surface area contributed by atoms with Crippen LogP contribution in [0, 0.1) is 0 Å². The van der Waals surface area contributed by atoms with E-state index in [0.29, 0.717) is 34.6 Å². The Morgan fingerprint density at radius 3 is 2.65 bits per heavy atom. The van der Waals surface area contributed by atoms with Crippen molar-refractivity contribution in [3.05, 3.63) is 56.9 Å². The Hall–Kier alpha value is -3.54. The highest BCUT2D eigenvalue weighted by Crippen LogP contribution is 2.44. The summed E-state index contributed by atoms with van der Waals surface area (Å²) in [5.74, 6) is -0.821. The Kier molecular flexibility index (Phi) is 7.09. The average Bonchev–Trinajstić information content (AvgIpc) is 3.19. The molecule has 0 radical (unpaired) electrons. The van der Waals surface area contributed by atoms with Crippen molar-refractivity contribution in [1.82, 2.24) is 9.55 Å². The molecule has 1 unspecified atom stereocenters. The molecule has 2 N–H and O–H groups in total. The summed E-state index contributed by atoms with van der Waals surface area (Å²) in [7, 11) is -1.53. The number of nitrogens with zero attached hydrogens (tertiary/aromatic N) is 2. The van der Waals surface area contributed by atoms with Gasteiger partial charge in [0, 0.05) is 24.6 Å². The summed E-state index contributed by atoms with van der Waals surface area (Å²) in [5.41, 5.74) is 0.599. The highest BCUT2D eigenvalue weighted by molar-refractivity contribution is 6.76. The van der Waals surface area contributed by atoms with Crippen LogP contribution < -0.4 is 10.3 Å². The molecule has 40 heavy (non-hydrogen) atoms. The van der Waals surface area contributed by atoms with Gasteiger partial charge in [0.05, 0.1) is 29.1 Å². The number of aryl methyl sites for hydroxylation is 1. The number of aliphatic hydroxyl groups is 2. The Balaban J connectivity index is 1.71. The summed E-state index contributed by atoms with van der Waals surface area (Å²) in [6.07, 6.45) is -0.649. The van der Waals surface area contributed by atoms with Gasteiger partial charge < -0.3 is 24.4 Å². The first-order chi connectivity index (χ1) is 18.9. The molecule has 2 atom stereocenters. The zero-order valence-corrected chi connectivity index (χ0v) is 24.4. The molecule has 0 fully saturated rings. The molecule has 1 aromatic carbocycles. The molecule has 2 aliphatic heterocycles. The monoisotopic (exact) mass is 566 g/mol. The lowest BCUT2D eigenvalue weighted by molar-refractivity contribution is -0.172. The van der Waals surface area contributed by atoms with Crippen molar-refractivity contribution in [2.24, 2.45) is 0 Å². The average molecular weight is 567 g/mol. The van der Waals surface area contributed by atoms with E-state index in [2.05, 4.69) is 19.6 Å². The predicted molar refractivity (Wildman–Crippen MR) is 150 cm³/mol. The number of carbonyl (C=O) groups is 2. The van der Waals surface area contributed by atoms with E-state index in [4.69, 9.17) is 19.2 Å². The van der Waals surface area contributed by atoms with Crippen LogP contribution in [0.2, 0.25) is 25.7 Å². The Morgan fingerprint density at radius 2 is 1.98 bits per heavy atom. The van der Waals surface area contributed by atoms with Gasteiger partial charge in [-0.2, -0.15) is 0 Å². The number of cyclic esters (lactones) is 1. The molecule has 11 heteroatoms. The topological polar surface area (TPSA) is 137 Å². The van der Waals surface area contributed by atoms with E-state index in [1.54, 1.807) is 38.1 Å². The molecule has 0 spiro atoms. The Labute approximate surface area is 232 Å². The van der Waals surface area contributed by atoms with Crippen molar-refractivity contribution >= 4 is 30.9 Å². The van der Waals surface area contributed by atoms with Crippen molar-refractivity contribution in [2.45, 2.75) is 70.8 Å². The standard InChI is InChI=1S/C29H34N2O8Si/c1-6-29(36)20-13-22-25-24(27(34)31(22)26(33)19(20)14-39-28(29)35)17(10-11-40(3,4)5)18-12-16(8-9-21(18)30-25)38-15-23(32)37-7-2/h8-9,12-13,27,34,36H,6-7,10-11,14-15H2,1-5H3/t27?,29-/m0/s1. The summed E-state index contributed by atoms with van der Waals surface area (Å²) < 4.78 is 17.1. The smallest absolute Gasteiger partial charge is 0.344 e. The highest BCUT2D eigenvalue weighted by atomic mass is 28.3. The minimum atomic E-state index is -1.96. The third-order valence-corrected chi connectivity index (χ3v) is 9.37. The number of rotatable bonds is 8. The largest absolute Gasteiger partial charge is 0.482 e. The minimum absolute atomic E-state index is 0.0261. The van der Waals surface area contributed by atoms with Crippen molar-refractivity contribution in [3.63, 3.8) is 0 Å². The van der Waals surface area contributed by atoms with E-state index >= 15 is 0 Å². The number of ether oxygens (including phenoxy) is 3. The van der Waals surface area contributed by atoms with E-state index in [9.17, 15) is 24.6 Å². The molecule has 0 saturated carbocycles. The molecule has 10 nitrogen and oxygen atoms in total. The summed E-state index contributed by atoms with van der Waals surface area (Å²) in [4.78, 5) is 42.9. The molecule has 5 rings (SSSR count). The summed E-state index contributed by atoms with van der Waals surface area (Å²) >= 11 is 0. The molecule has 4 heterocycles. The lowest BCUT2D eigenvalue weighted by Crippen LogP contribution is -2.44. The number of esters is 2. The van der Waals surface area contributed by atoms with Gasteiger partial charge in [-0.3, -0.25) is 9.36 Å². The van der Waals surface area contributed by atoms with Crippen molar-refractivity contribution < 1.29 is 34.0 Å². The van der Waals surface area contributed by atoms with E-state index in [-0.39, 0.29) is 37.4 Å². The number of aromatic nitrogens is 2. The van der Waals surface area contributed by atoms with E-state index < -0.39 is 37.4 Å². The van der Waals surface area contributed by atoms with Crippen LogP contribution in [0.25, 0.3) is 22.3 Å². The lowest BCUT2D eigenvalue weighted by atomic mass is 9.86. The quantitative estimate of drug-likeness (QED) is 0.310. The van der Waals surface area contributed by atoms with Gasteiger partial charge in [-0.15, -0.1) is 0 Å². The van der Waals surface area contributed by atoms with Crippen molar-refractivity contribution in [1.29, 1.82) is 0 Å². The van der Waals surface area contributed by atoms with Crippen LogP contribution in [0.5, 0.6) is 5.75 Å². The fourth-order valence-corrected chi connectivity index (χ4v) is 6.43. The van der Waals surface area contributed by atoms with Crippen LogP contribution in [0.3, 0.4) is 0 Å². The fourth-order valence-electron chi connectivity index (χ4n) is 5.43. The Morgan fingerprint density at radius 1 is 1.23 bits per heavy atom. The van der Waals surface area contributed by atoms with Gasteiger partial charge in [0.1, 0.15) is 12.4 Å². The maximum Gasteiger partial charge on any atom is 0.344 e. The van der Waals surface area contributed by atoms with Gasteiger partial charge in [0.15, 0.2) is 18.4 Å². The molecule has 0 bridgehead atoms. The number of aliphatic hydroxyl groups excluding tert-OH is 1. The first-order valence-corrected chi connectivity index (χ1v) is 17.2. The van der Waals surface area contributed by atoms with E-state index in [0.717, 1.165) is 17.0 Å². The normalized spacial score (nSPS) is 19.6. The fraction of sp³-hybridized carbons (Fsp3) is 0.448. The van der Waals surface area contributed by atoms with Gasteiger partial charge in [-0.25, -0.2) is 14.6 Å². The zero-order chi connectivity index (χ0) is 29.0. The number of benzene rings is 1. The summed E-state index contributed by atoms with van der Waals surface area (Å²) in [5, 5.41) is 23.5. The lowest BCUT2D eigenvalue weighted by Gasteiger charge is -2.31. The van der Waals surface area contributed by atoms with Crippen LogP contribution in [0.4, 0.5) is 0 Å². The maximum atomic E-state index is 13.7. The van der Waals surface area contributed by atoms with E-state index in [1.807, 2.05) is 0 Å². The second-order valence-corrected chi connectivity index (χ2v) is 17.1. The molecular weight excluding hydrogens is 532 g/mol. The number of fused-ring (bicyclic) bond motifs is 5. The third kappa shape index (κ3) is 4.61. The molecular formula is C29H34N2O8Si. The van der Waals surface area contributed by atoms with Crippen LogP contribution in [0.1, 0.15) is 48.8 Å². The summed E-state index contributed by atoms with van der Waals surface area (Å²) in [6.45, 7) is 9.89. The van der Waals surface area contributed by atoms with Gasteiger partial charge >= 0.3 is 11.9 Å². The Bertz CT molecular complexity index is 1590. The van der Waals surface area contributed by atoms with Gasteiger partial charge in [-0.1, -0.05) is 32.6 Å². The van der Waals surface area contributed by atoms with Crippen molar-refractivity contribution in [2.75, 3.05) is 13.2 Å². The SMILES string of the molecule is CCOC(=O)COc1ccc2nc3c(c(CC[Si](C)(C)C)c2c1)C(O)n1c-3cc2c(c1=O)COC(=O)[C@]2(O)CC. The number of pyridine rings is 2. The summed E-state index contributed by atoms with van der Waals surface area (Å²) in [6, 6.07) is 7.79. The van der Waals surface area contributed by atoms with Crippen LogP contribution in [-0.2, 0) is 37.7 Å².